The zero-order chi connectivity index (χ0) is 20.2. The largest absolute Gasteiger partial charge is 0.483 e. The van der Waals surface area contributed by atoms with Crippen molar-refractivity contribution in [2.75, 3.05) is 13.2 Å². The summed E-state index contributed by atoms with van der Waals surface area (Å²) in [5, 5.41) is 0. The Bertz CT molecular complexity index is 944. The quantitative estimate of drug-likeness (QED) is 0.693. The van der Waals surface area contributed by atoms with Crippen LogP contribution in [0.15, 0.2) is 41.2 Å². The smallest absolute Gasteiger partial charge is 0.266 e. The van der Waals surface area contributed by atoms with Gasteiger partial charge in [-0.1, -0.05) is 30.3 Å². The molecule has 7 heteroatoms. The molecular weight excluding hydrogens is 374 g/mol. The molecule has 0 bridgehead atoms. The first-order valence-electron chi connectivity index (χ1n) is 9.83. The molecule has 7 nitrogen and oxygen atoms in total. The summed E-state index contributed by atoms with van der Waals surface area (Å²) in [6.07, 6.45) is 4.01. The molecule has 2 aromatic rings. The second-order valence-corrected chi connectivity index (χ2v) is 7.10. The molecule has 1 aromatic heterocycles. The maximum Gasteiger partial charge on any atom is 0.266 e. The number of ether oxygens (including phenoxy) is 3. The number of nitrogens with zero attached hydrogens (tertiary/aromatic N) is 1. The minimum absolute atomic E-state index is 0.157. The lowest BCUT2D eigenvalue weighted by molar-refractivity contribution is -0.209. The summed E-state index contributed by atoms with van der Waals surface area (Å²) in [7, 11) is 1.84. The third-order valence-corrected chi connectivity index (χ3v) is 5.13. The maximum atomic E-state index is 13.4. The molecule has 3 heterocycles. The van der Waals surface area contributed by atoms with Gasteiger partial charge in [0.1, 0.15) is 18.9 Å². The van der Waals surface area contributed by atoms with E-state index >= 15 is 0 Å². The van der Waals surface area contributed by atoms with Crippen LogP contribution < -0.4 is 14.9 Å². The van der Waals surface area contributed by atoms with Gasteiger partial charge >= 0.3 is 0 Å². The van der Waals surface area contributed by atoms with Gasteiger partial charge in [0.25, 0.3) is 5.43 Å². The van der Waals surface area contributed by atoms with E-state index in [9.17, 15) is 4.79 Å². The van der Waals surface area contributed by atoms with E-state index in [2.05, 4.69) is 0 Å². The molecule has 2 aliphatic heterocycles. The van der Waals surface area contributed by atoms with Crippen molar-refractivity contribution in [3.63, 3.8) is 0 Å². The van der Waals surface area contributed by atoms with Crippen LogP contribution in [0.25, 0.3) is 5.76 Å². The lowest BCUT2D eigenvalue weighted by atomic mass is 10.2. The van der Waals surface area contributed by atoms with E-state index in [4.69, 9.17) is 24.0 Å². The topological polar surface area (TPSA) is 68.2 Å². The van der Waals surface area contributed by atoms with Crippen LogP contribution in [0, 0.1) is 6.92 Å². The van der Waals surface area contributed by atoms with Crippen molar-refractivity contribution < 1.29 is 24.0 Å². The summed E-state index contributed by atoms with van der Waals surface area (Å²) in [5.74, 6) is 0.864. The predicted octanol–water partition coefficient (Wildman–Crippen LogP) is 3.48. The van der Waals surface area contributed by atoms with Crippen LogP contribution in [0.3, 0.4) is 0 Å². The molecule has 0 aliphatic carbocycles. The fourth-order valence-electron chi connectivity index (χ4n) is 3.45. The van der Waals surface area contributed by atoms with Crippen molar-refractivity contribution >= 4 is 5.76 Å². The molecule has 0 radical (unpaired) electrons. The molecular formula is C22H25NO6. The number of hydrogen-bond donors (Lipinski definition) is 0. The van der Waals surface area contributed by atoms with E-state index in [1.165, 1.54) is 0 Å². The first kappa shape index (κ1) is 19.5. The molecule has 1 saturated heterocycles. The molecule has 1 atom stereocenters. The van der Waals surface area contributed by atoms with Crippen LogP contribution in [0.5, 0.6) is 11.5 Å². The van der Waals surface area contributed by atoms with Crippen LogP contribution in [-0.2, 0) is 28.2 Å². The highest BCUT2D eigenvalue weighted by Gasteiger charge is 2.29. The third-order valence-electron chi connectivity index (χ3n) is 5.13. The normalized spacial score (nSPS) is 18.8. The Morgan fingerprint density at radius 3 is 2.69 bits per heavy atom. The van der Waals surface area contributed by atoms with Gasteiger partial charge in [0, 0.05) is 13.5 Å². The van der Waals surface area contributed by atoms with Gasteiger partial charge in [-0.05, 0) is 31.4 Å². The van der Waals surface area contributed by atoms with Gasteiger partial charge in [-0.2, -0.15) is 4.89 Å². The zero-order valence-corrected chi connectivity index (χ0v) is 16.7. The average Bonchev–Trinajstić information content (AvgIpc) is 3.28. The molecule has 1 fully saturated rings. The van der Waals surface area contributed by atoms with Crippen molar-refractivity contribution in [2.45, 2.75) is 39.1 Å². The molecule has 4 rings (SSSR count). The van der Waals surface area contributed by atoms with Crippen molar-refractivity contribution in [1.82, 2.24) is 4.57 Å². The van der Waals surface area contributed by atoms with Gasteiger partial charge < -0.3 is 23.7 Å². The second-order valence-electron chi connectivity index (χ2n) is 7.10. The molecule has 0 N–H and O–H groups in total. The average molecular weight is 399 g/mol. The van der Waals surface area contributed by atoms with Crippen molar-refractivity contribution in [1.29, 1.82) is 0 Å². The lowest BCUT2D eigenvalue weighted by Gasteiger charge is -2.26. The molecule has 0 spiro atoms. The minimum atomic E-state index is -0.470. The summed E-state index contributed by atoms with van der Waals surface area (Å²) in [6.45, 7) is 3.06. The standard InChI is InChI=1S/C22H25NO6/c1-15-21(26-14-16-8-4-3-5-9-16)20(24)22(28-18-10-6-7-12-25-18)19(23(15)2)17-11-13-27-29-17/h3-5,8-9,11,18H,6-7,10,12-14H2,1-2H3. The van der Waals surface area contributed by atoms with E-state index in [1.54, 1.807) is 6.08 Å². The number of benzene rings is 1. The summed E-state index contributed by atoms with van der Waals surface area (Å²) in [4.78, 5) is 23.6. The van der Waals surface area contributed by atoms with Gasteiger partial charge in [0.15, 0.2) is 17.8 Å². The first-order valence-corrected chi connectivity index (χ1v) is 9.83. The van der Waals surface area contributed by atoms with Gasteiger partial charge in [0.05, 0.1) is 12.3 Å². The Balaban J connectivity index is 1.72. The fourth-order valence-corrected chi connectivity index (χ4v) is 3.45. The zero-order valence-electron chi connectivity index (χ0n) is 16.7. The Morgan fingerprint density at radius 2 is 2.00 bits per heavy atom. The number of rotatable bonds is 6. The fraction of sp³-hybridized carbons (Fsp3) is 0.409. The van der Waals surface area contributed by atoms with Gasteiger partial charge in [0.2, 0.25) is 5.75 Å². The van der Waals surface area contributed by atoms with E-state index in [1.807, 2.05) is 48.9 Å². The summed E-state index contributed by atoms with van der Waals surface area (Å²) in [5.41, 5.74) is 1.85. The van der Waals surface area contributed by atoms with E-state index in [0.29, 0.717) is 30.4 Å². The van der Waals surface area contributed by atoms with Crippen LogP contribution in [0.2, 0.25) is 0 Å². The van der Waals surface area contributed by atoms with E-state index in [-0.39, 0.29) is 23.5 Å². The number of aromatic nitrogens is 1. The Labute approximate surface area is 169 Å². The van der Waals surface area contributed by atoms with Crippen LogP contribution in [-0.4, -0.2) is 24.1 Å². The molecule has 0 amide bonds. The molecule has 2 aliphatic rings. The molecule has 154 valence electrons. The molecule has 29 heavy (non-hydrogen) atoms. The number of pyridine rings is 1. The van der Waals surface area contributed by atoms with Crippen LogP contribution >= 0.6 is 0 Å². The van der Waals surface area contributed by atoms with E-state index < -0.39 is 6.29 Å². The number of hydrogen-bond acceptors (Lipinski definition) is 6. The van der Waals surface area contributed by atoms with Crippen LogP contribution in [0.1, 0.15) is 36.2 Å². The first-order chi connectivity index (χ1) is 14.1. The molecule has 1 unspecified atom stereocenters. The predicted molar refractivity (Wildman–Crippen MR) is 106 cm³/mol. The summed E-state index contributed by atoms with van der Waals surface area (Å²) < 4.78 is 19.5. The van der Waals surface area contributed by atoms with Crippen LogP contribution in [0.4, 0.5) is 0 Å². The van der Waals surface area contributed by atoms with Crippen molar-refractivity contribution in [2.24, 2.45) is 7.05 Å². The van der Waals surface area contributed by atoms with E-state index in [0.717, 1.165) is 24.8 Å². The maximum absolute atomic E-state index is 13.4. The van der Waals surface area contributed by atoms with Gasteiger partial charge in [-0.15, -0.1) is 0 Å². The highest BCUT2D eigenvalue weighted by Crippen LogP contribution is 2.32. The highest BCUT2D eigenvalue weighted by molar-refractivity contribution is 5.65. The Hall–Kier alpha value is -2.77. The summed E-state index contributed by atoms with van der Waals surface area (Å²) in [6, 6.07) is 9.72. The SMILES string of the molecule is Cc1c(OCc2ccccc2)c(=O)c(OC2CCCCO2)c(C2=CCOO2)n1C. The molecule has 0 saturated carbocycles. The lowest BCUT2D eigenvalue weighted by Crippen LogP contribution is -2.30. The van der Waals surface area contributed by atoms with Gasteiger partial charge in [-0.25, -0.2) is 0 Å². The second kappa shape index (κ2) is 8.71. The Kier molecular flexibility index (Phi) is 5.87. The Morgan fingerprint density at radius 1 is 1.17 bits per heavy atom. The monoisotopic (exact) mass is 399 g/mol. The van der Waals surface area contributed by atoms with Crippen molar-refractivity contribution in [3.05, 3.63) is 63.6 Å². The highest BCUT2D eigenvalue weighted by atomic mass is 17.2. The molecule has 1 aromatic carbocycles. The third kappa shape index (κ3) is 4.16. The minimum Gasteiger partial charge on any atom is -0.483 e. The van der Waals surface area contributed by atoms with Gasteiger partial charge in [-0.3, -0.25) is 4.79 Å². The summed E-state index contributed by atoms with van der Waals surface area (Å²) >= 11 is 0. The van der Waals surface area contributed by atoms with Crippen molar-refractivity contribution in [3.8, 4) is 11.5 Å².